The summed E-state index contributed by atoms with van der Waals surface area (Å²) in [6.07, 6.45) is 1.63. The predicted octanol–water partition coefficient (Wildman–Crippen LogP) is 2.92. The fourth-order valence-corrected chi connectivity index (χ4v) is 2.11. The van der Waals surface area contributed by atoms with Crippen LogP contribution >= 0.6 is 11.6 Å². The second-order valence-corrected chi connectivity index (χ2v) is 5.15. The molecule has 1 aromatic heterocycles. The lowest BCUT2D eigenvalue weighted by atomic mass is 10.1. The van der Waals surface area contributed by atoms with Gasteiger partial charge in [0.05, 0.1) is 6.04 Å². The third-order valence-electron chi connectivity index (χ3n) is 3.07. The van der Waals surface area contributed by atoms with E-state index in [2.05, 4.69) is 10.6 Å². The lowest BCUT2D eigenvalue weighted by Gasteiger charge is -2.15. The minimum absolute atomic E-state index is 0.226. The number of nitrogens with one attached hydrogen (secondary N) is 2. The van der Waals surface area contributed by atoms with Crippen molar-refractivity contribution in [1.29, 1.82) is 0 Å². The van der Waals surface area contributed by atoms with Crippen molar-refractivity contribution in [3.63, 3.8) is 0 Å². The monoisotopic (exact) mass is 305 g/mol. The molecular formula is C15H16ClN3O2. The van der Waals surface area contributed by atoms with Crippen LogP contribution in [-0.4, -0.2) is 10.6 Å². The molecule has 1 aromatic carbocycles. The summed E-state index contributed by atoms with van der Waals surface area (Å²) in [7, 11) is 1.63. The Kier molecular flexibility index (Phi) is 4.65. The number of rotatable bonds is 3. The number of carbonyl (C=O) groups is 1. The number of anilines is 1. The lowest BCUT2D eigenvalue weighted by molar-refractivity contribution is 0.249. The molecule has 2 N–H and O–H groups in total. The highest BCUT2D eigenvalue weighted by Crippen LogP contribution is 2.17. The van der Waals surface area contributed by atoms with Gasteiger partial charge in [0.25, 0.3) is 5.56 Å². The number of hydrogen-bond acceptors (Lipinski definition) is 2. The highest BCUT2D eigenvalue weighted by atomic mass is 35.5. The smallest absolute Gasteiger partial charge is 0.319 e. The van der Waals surface area contributed by atoms with Gasteiger partial charge in [-0.25, -0.2) is 4.79 Å². The average molecular weight is 306 g/mol. The maximum Gasteiger partial charge on any atom is 0.319 e. The minimum Gasteiger partial charge on any atom is -0.331 e. The highest BCUT2D eigenvalue weighted by molar-refractivity contribution is 6.30. The van der Waals surface area contributed by atoms with Crippen molar-refractivity contribution in [3.8, 4) is 0 Å². The Balaban J connectivity index is 2.05. The summed E-state index contributed by atoms with van der Waals surface area (Å²) in [5.74, 6) is 0. The molecule has 1 heterocycles. The van der Waals surface area contributed by atoms with E-state index in [1.54, 1.807) is 37.5 Å². The molecule has 1 unspecified atom stereocenters. The van der Waals surface area contributed by atoms with Crippen molar-refractivity contribution in [2.45, 2.75) is 13.0 Å². The van der Waals surface area contributed by atoms with Crippen molar-refractivity contribution >= 4 is 23.3 Å². The van der Waals surface area contributed by atoms with Crippen LogP contribution in [0.5, 0.6) is 0 Å². The number of hydrogen-bond donors (Lipinski definition) is 2. The van der Waals surface area contributed by atoms with E-state index in [1.165, 1.54) is 4.57 Å². The standard InChI is InChI=1S/C15H16ClN3O2/c1-10(11-5-3-6-12(16)9-11)17-15(21)18-13-7-4-8-19(2)14(13)20/h3-10H,1-2H3,(H2,17,18,21). The molecule has 0 aliphatic rings. The van der Waals surface area contributed by atoms with Crippen LogP contribution in [0.15, 0.2) is 47.4 Å². The summed E-state index contributed by atoms with van der Waals surface area (Å²) in [5.41, 5.74) is 0.859. The summed E-state index contributed by atoms with van der Waals surface area (Å²) < 4.78 is 1.40. The summed E-state index contributed by atoms with van der Waals surface area (Å²) in [4.78, 5) is 23.7. The van der Waals surface area contributed by atoms with Crippen molar-refractivity contribution in [2.24, 2.45) is 7.05 Å². The molecule has 2 aromatic rings. The second kappa shape index (κ2) is 6.45. The first-order valence-corrected chi connectivity index (χ1v) is 6.84. The molecule has 1 atom stereocenters. The first-order chi connectivity index (χ1) is 9.97. The number of urea groups is 1. The molecule has 6 heteroatoms. The Morgan fingerprint density at radius 3 is 2.76 bits per heavy atom. The van der Waals surface area contributed by atoms with Gasteiger partial charge in [0.1, 0.15) is 5.69 Å². The van der Waals surface area contributed by atoms with E-state index >= 15 is 0 Å². The Morgan fingerprint density at radius 2 is 2.05 bits per heavy atom. The van der Waals surface area contributed by atoms with Crippen LogP contribution in [0.2, 0.25) is 5.02 Å². The Labute approximate surface area is 127 Å². The molecule has 0 radical (unpaired) electrons. The number of carbonyl (C=O) groups excluding carboxylic acids is 1. The van der Waals surface area contributed by atoms with Gasteiger partial charge < -0.3 is 15.2 Å². The average Bonchev–Trinajstić information content (AvgIpc) is 2.44. The van der Waals surface area contributed by atoms with Crippen molar-refractivity contribution in [2.75, 3.05) is 5.32 Å². The molecule has 2 amide bonds. The van der Waals surface area contributed by atoms with Gasteiger partial charge in [0, 0.05) is 18.3 Å². The fourth-order valence-electron chi connectivity index (χ4n) is 1.91. The molecule has 0 saturated heterocycles. The third kappa shape index (κ3) is 3.86. The molecular weight excluding hydrogens is 290 g/mol. The van der Waals surface area contributed by atoms with Gasteiger partial charge in [0.2, 0.25) is 0 Å². The van der Waals surface area contributed by atoms with Crippen molar-refractivity contribution in [1.82, 2.24) is 9.88 Å². The summed E-state index contributed by atoms with van der Waals surface area (Å²) >= 11 is 5.92. The Bertz CT molecular complexity index is 712. The third-order valence-corrected chi connectivity index (χ3v) is 3.30. The van der Waals surface area contributed by atoms with Gasteiger partial charge in [-0.15, -0.1) is 0 Å². The maximum atomic E-state index is 11.9. The van der Waals surface area contributed by atoms with Gasteiger partial charge in [-0.2, -0.15) is 0 Å². The quantitative estimate of drug-likeness (QED) is 0.916. The molecule has 0 fully saturated rings. The minimum atomic E-state index is -0.439. The van der Waals surface area contributed by atoms with E-state index in [0.717, 1.165) is 5.56 Å². The molecule has 5 nitrogen and oxygen atoms in total. The van der Waals surface area contributed by atoms with E-state index in [4.69, 9.17) is 11.6 Å². The summed E-state index contributed by atoms with van der Waals surface area (Å²) in [6.45, 7) is 1.84. The molecule has 110 valence electrons. The highest BCUT2D eigenvalue weighted by Gasteiger charge is 2.11. The number of halogens is 1. The number of aryl methyl sites for hydroxylation is 1. The predicted molar refractivity (Wildman–Crippen MR) is 83.7 cm³/mol. The van der Waals surface area contributed by atoms with Crippen LogP contribution < -0.4 is 16.2 Å². The largest absolute Gasteiger partial charge is 0.331 e. The Morgan fingerprint density at radius 1 is 1.29 bits per heavy atom. The maximum absolute atomic E-state index is 11.9. The van der Waals surface area contributed by atoms with Gasteiger partial charge >= 0.3 is 6.03 Å². The van der Waals surface area contributed by atoms with Gasteiger partial charge in [-0.1, -0.05) is 23.7 Å². The SMILES string of the molecule is CC(NC(=O)Nc1cccn(C)c1=O)c1cccc(Cl)c1. The van der Waals surface area contributed by atoms with E-state index in [1.807, 2.05) is 19.1 Å². The van der Waals surface area contributed by atoms with Crippen molar-refractivity contribution in [3.05, 3.63) is 63.5 Å². The summed E-state index contributed by atoms with van der Waals surface area (Å²) in [6, 6.07) is 9.84. The lowest BCUT2D eigenvalue weighted by Crippen LogP contribution is -2.33. The van der Waals surface area contributed by atoms with Crippen LogP contribution in [-0.2, 0) is 7.05 Å². The second-order valence-electron chi connectivity index (χ2n) is 4.71. The van der Waals surface area contributed by atoms with Gasteiger partial charge in [0.15, 0.2) is 0 Å². The zero-order valence-corrected chi connectivity index (χ0v) is 12.5. The normalized spacial score (nSPS) is 11.8. The van der Waals surface area contributed by atoms with Gasteiger partial charge in [-0.05, 0) is 36.8 Å². The van der Waals surface area contributed by atoms with Crippen molar-refractivity contribution < 1.29 is 4.79 Å². The van der Waals surface area contributed by atoms with E-state index in [-0.39, 0.29) is 17.3 Å². The van der Waals surface area contributed by atoms with Gasteiger partial charge in [-0.3, -0.25) is 4.79 Å². The number of amides is 2. The first kappa shape index (κ1) is 15.1. The zero-order valence-electron chi connectivity index (χ0n) is 11.8. The number of aromatic nitrogens is 1. The zero-order chi connectivity index (χ0) is 15.4. The fraction of sp³-hybridized carbons (Fsp3) is 0.200. The van der Waals surface area contributed by atoms with Crippen LogP contribution in [0.1, 0.15) is 18.5 Å². The summed E-state index contributed by atoms with van der Waals surface area (Å²) in [5, 5.41) is 5.92. The molecule has 0 bridgehead atoms. The van der Waals surface area contributed by atoms with Crippen LogP contribution in [0.3, 0.4) is 0 Å². The molecule has 0 saturated carbocycles. The molecule has 21 heavy (non-hydrogen) atoms. The number of benzene rings is 1. The first-order valence-electron chi connectivity index (χ1n) is 6.46. The Hall–Kier alpha value is -2.27. The molecule has 0 spiro atoms. The topological polar surface area (TPSA) is 63.1 Å². The molecule has 0 aliphatic carbocycles. The van der Waals surface area contributed by atoms with E-state index in [0.29, 0.717) is 5.02 Å². The molecule has 0 aliphatic heterocycles. The number of pyridine rings is 1. The number of nitrogens with zero attached hydrogens (tertiary/aromatic N) is 1. The van der Waals surface area contributed by atoms with Crippen LogP contribution in [0, 0.1) is 0 Å². The van der Waals surface area contributed by atoms with E-state index < -0.39 is 6.03 Å². The van der Waals surface area contributed by atoms with E-state index in [9.17, 15) is 9.59 Å². The molecule has 2 rings (SSSR count). The van der Waals surface area contributed by atoms with Crippen LogP contribution in [0.25, 0.3) is 0 Å². The van der Waals surface area contributed by atoms with Crippen LogP contribution in [0.4, 0.5) is 10.5 Å².